The van der Waals surface area contributed by atoms with Crippen LogP contribution in [0.4, 0.5) is 18.9 Å². The summed E-state index contributed by atoms with van der Waals surface area (Å²) in [6.07, 6.45) is -0.0732. The summed E-state index contributed by atoms with van der Waals surface area (Å²) in [5.74, 6) is -5.19. The molecule has 1 aromatic rings. The standard InChI is InChI=1S/C14H17F3N2O2/c1-8(2)19(9(3)20)7-6-12(21)18-11-5-4-10(15)13(16)14(11)17/h4-5,8H,6-7H2,1-3H3,(H,18,21). The molecular weight excluding hydrogens is 285 g/mol. The minimum absolute atomic E-state index is 0.0732. The first-order valence-electron chi connectivity index (χ1n) is 6.44. The summed E-state index contributed by atoms with van der Waals surface area (Å²) >= 11 is 0. The van der Waals surface area contributed by atoms with E-state index in [1.165, 1.54) is 11.8 Å². The summed E-state index contributed by atoms with van der Waals surface area (Å²) in [6, 6.07) is 1.59. The molecule has 0 spiro atoms. The highest BCUT2D eigenvalue weighted by atomic mass is 19.2. The van der Waals surface area contributed by atoms with E-state index in [0.717, 1.165) is 12.1 Å². The first-order chi connectivity index (χ1) is 9.73. The van der Waals surface area contributed by atoms with Gasteiger partial charge in [0, 0.05) is 25.9 Å². The van der Waals surface area contributed by atoms with E-state index in [-0.39, 0.29) is 24.9 Å². The van der Waals surface area contributed by atoms with E-state index in [1.807, 2.05) is 0 Å². The molecule has 0 aliphatic rings. The molecule has 2 amide bonds. The molecule has 0 aliphatic carbocycles. The van der Waals surface area contributed by atoms with Crippen LogP contribution in [-0.4, -0.2) is 29.3 Å². The SMILES string of the molecule is CC(=O)N(CCC(=O)Nc1ccc(F)c(F)c1F)C(C)C. The molecular formula is C14H17F3N2O2. The van der Waals surface area contributed by atoms with Crippen LogP contribution in [0.25, 0.3) is 0 Å². The molecule has 7 heteroatoms. The van der Waals surface area contributed by atoms with Gasteiger partial charge in [-0.2, -0.15) is 0 Å². The third-order valence-corrected chi connectivity index (χ3v) is 2.92. The second-order valence-electron chi connectivity index (χ2n) is 4.83. The van der Waals surface area contributed by atoms with Gasteiger partial charge in [-0.1, -0.05) is 0 Å². The van der Waals surface area contributed by atoms with E-state index >= 15 is 0 Å². The average molecular weight is 302 g/mol. The Morgan fingerprint density at radius 1 is 1.19 bits per heavy atom. The maximum atomic E-state index is 13.4. The predicted octanol–water partition coefficient (Wildman–Crippen LogP) is 2.69. The Kier molecular flexibility index (Phi) is 5.75. The van der Waals surface area contributed by atoms with Gasteiger partial charge in [0.15, 0.2) is 17.5 Å². The highest BCUT2D eigenvalue weighted by molar-refractivity contribution is 5.91. The third kappa shape index (κ3) is 4.47. The van der Waals surface area contributed by atoms with E-state index < -0.39 is 29.0 Å². The molecule has 0 bridgehead atoms. The topological polar surface area (TPSA) is 49.4 Å². The second-order valence-corrected chi connectivity index (χ2v) is 4.83. The smallest absolute Gasteiger partial charge is 0.226 e. The van der Waals surface area contributed by atoms with Crippen molar-refractivity contribution >= 4 is 17.5 Å². The first-order valence-corrected chi connectivity index (χ1v) is 6.44. The Labute approximate surface area is 120 Å². The summed E-state index contributed by atoms with van der Waals surface area (Å²) in [6.45, 7) is 5.14. The summed E-state index contributed by atoms with van der Waals surface area (Å²) in [7, 11) is 0. The van der Waals surface area contributed by atoms with Crippen molar-refractivity contribution in [1.82, 2.24) is 4.90 Å². The number of rotatable bonds is 5. The van der Waals surface area contributed by atoms with E-state index in [2.05, 4.69) is 5.32 Å². The molecule has 116 valence electrons. The molecule has 0 heterocycles. The number of nitrogens with zero attached hydrogens (tertiary/aromatic N) is 1. The van der Waals surface area contributed by atoms with Crippen LogP contribution in [0.2, 0.25) is 0 Å². The molecule has 1 N–H and O–H groups in total. The number of hydrogen-bond acceptors (Lipinski definition) is 2. The molecule has 21 heavy (non-hydrogen) atoms. The average Bonchev–Trinajstić information content (AvgIpc) is 2.39. The van der Waals surface area contributed by atoms with Gasteiger partial charge in [-0.25, -0.2) is 13.2 Å². The third-order valence-electron chi connectivity index (χ3n) is 2.92. The molecule has 0 unspecified atom stereocenters. The summed E-state index contributed by atoms with van der Waals surface area (Å²) in [5.41, 5.74) is -0.433. The molecule has 0 aliphatic heterocycles. The van der Waals surface area contributed by atoms with Crippen LogP contribution in [0.1, 0.15) is 27.2 Å². The number of carbonyl (C=O) groups is 2. The molecule has 0 radical (unpaired) electrons. The zero-order valence-electron chi connectivity index (χ0n) is 12.0. The largest absolute Gasteiger partial charge is 0.340 e. The van der Waals surface area contributed by atoms with Crippen molar-refractivity contribution in [2.24, 2.45) is 0 Å². The lowest BCUT2D eigenvalue weighted by atomic mass is 10.2. The number of benzene rings is 1. The first kappa shape index (κ1) is 17.0. The fourth-order valence-electron chi connectivity index (χ4n) is 1.84. The molecule has 1 aromatic carbocycles. The monoisotopic (exact) mass is 302 g/mol. The Morgan fingerprint density at radius 3 is 2.33 bits per heavy atom. The second kappa shape index (κ2) is 7.10. The normalized spacial score (nSPS) is 10.6. The molecule has 0 saturated heterocycles. The van der Waals surface area contributed by atoms with Crippen LogP contribution < -0.4 is 5.32 Å². The van der Waals surface area contributed by atoms with Gasteiger partial charge in [-0.3, -0.25) is 9.59 Å². The minimum atomic E-state index is -1.64. The van der Waals surface area contributed by atoms with Crippen molar-refractivity contribution < 1.29 is 22.8 Å². The van der Waals surface area contributed by atoms with Gasteiger partial charge in [0.2, 0.25) is 11.8 Å². The molecule has 0 atom stereocenters. The number of carbonyl (C=O) groups excluding carboxylic acids is 2. The van der Waals surface area contributed by atoms with E-state index in [9.17, 15) is 22.8 Å². The highest BCUT2D eigenvalue weighted by Gasteiger charge is 2.17. The van der Waals surface area contributed by atoms with E-state index in [4.69, 9.17) is 0 Å². The maximum absolute atomic E-state index is 13.4. The Balaban J connectivity index is 2.66. The fraction of sp³-hybridized carbons (Fsp3) is 0.429. The number of halogens is 3. The molecule has 0 aromatic heterocycles. The van der Waals surface area contributed by atoms with Crippen molar-refractivity contribution in [2.45, 2.75) is 33.2 Å². The predicted molar refractivity (Wildman–Crippen MR) is 72.1 cm³/mol. The number of hydrogen-bond donors (Lipinski definition) is 1. The Hall–Kier alpha value is -2.05. The van der Waals surface area contributed by atoms with Gasteiger partial charge < -0.3 is 10.2 Å². The Morgan fingerprint density at radius 2 is 1.81 bits per heavy atom. The van der Waals surface area contributed by atoms with Gasteiger partial charge in [-0.05, 0) is 26.0 Å². The van der Waals surface area contributed by atoms with E-state index in [0.29, 0.717) is 0 Å². The van der Waals surface area contributed by atoms with Crippen LogP contribution in [0.5, 0.6) is 0 Å². The summed E-state index contributed by atoms with van der Waals surface area (Å²) in [4.78, 5) is 24.5. The molecule has 1 rings (SSSR count). The molecule has 0 saturated carbocycles. The fourth-order valence-corrected chi connectivity index (χ4v) is 1.84. The molecule has 0 fully saturated rings. The zero-order valence-corrected chi connectivity index (χ0v) is 12.0. The van der Waals surface area contributed by atoms with Crippen LogP contribution in [0, 0.1) is 17.5 Å². The van der Waals surface area contributed by atoms with Crippen LogP contribution in [-0.2, 0) is 9.59 Å². The van der Waals surface area contributed by atoms with Crippen LogP contribution in [0.3, 0.4) is 0 Å². The van der Waals surface area contributed by atoms with Crippen molar-refractivity contribution in [3.8, 4) is 0 Å². The zero-order chi connectivity index (χ0) is 16.2. The summed E-state index contributed by atoms with van der Waals surface area (Å²) < 4.78 is 39.2. The van der Waals surface area contributed by atoms with Gasteiger partial charge in [0.25, 0.3) is 0 Å². The Bertz CT molecular complexity index is 547. The number of anilines is 1. The van der Waals surface area contributed by atoms with Crippen LogP contribution >= 0.6 is 0 Å². The highest BCUT2D eigenvalue weighted by Crippen LogP contribution is 2.19. The van der Waals surface area contributed by atoms with Crippen molar-refractivity contribution in [2.75, 3.05) is 11.9 Å². The van der Waals surface area contributed by atoms with Gasteiger partial charge in [0.05, 0.1) is 5.69 Å². The molecule has 4 nitrogen and oxygen atoms in total. The quantitative estimate of drug-likeness (QED) is 0.850. The van der Waals surface area contributed by atoms with Crippen LogP contribution in [0.15, 0.2) is 12.1 Å². The lowest BCUT2D eigenvalue weighted by Gasteiger charge is -2.24. The lowest BCUT2D eigenvalue weighted by Crippen LogP contribution is -2.37. The van der Waals surface area contributed by atoms with Crippen molar-refractivity contribution in [3.63, 3.8) is 0 Å². The van der Waals surface area contributed by atoms with Gasteiger partial charge >= 0.3 is 0 Å². The lowest BCUT2D eigenvalue weighted by molar-refractivity contribution is -0.130. The van der Waals surface area contributed by atoms with Crippen molar-refractivity contribution in [3.05, 3.63) is 29.6 Å². The minimum Gasteiger partial charge on any atom is -0.340 e. The summed E-state index contributed by atoms with van der Waals surface area (Å²) in [5, 5.41) is 2.15. The van der Waals surface area contributed by atoms with Gasteiger partial charge in [0.1, 0.15) is 0 Å². The number of nitrogens with one attached hydrogen (secondary N) is 1. The number of amides is 2. The maximum Gasteiger partial charge on any atom is 0.226 e. The van der Waals surface area contributed by atoms with Crippen molar-refractivity contribution in [1.29, 1.82) is 0 Å². The van der Waals surface area contributed by atoms with E-state index in [1.54, 1.807) is 13.8 Å². The van der Waals surface area contributed by atoms with Gasteiger partial charge in [-0.15, -0.1) is 0 Å².